The van der Waals surface area contributed by atoms with E-state index in [0.29, 0.717) is 5.02 Å². The van der Waals surface area contributed by atoms with Gasteiger partial charge in [0.2, 0.25) is 5.91 Å². The number of carboxylic acid groups (broad SMARTS) is 1. The number of carboxylic acids is 1. The lowest BCUT2D eigenvalue weighted by atomic mass is 10.3. The quantitative estimate of drug-likeness (QED) is 0.763. The molecular formula is C10H11Cl2N3O3. The van der Waals surface area contributed by atoms with Crippen LogP contribution in [-0.4, -0.2) is 34.6 Å². The van der Waals surface area contributed by atoms with Crippen molar-refractivity contribution in [2.24, 2.45) is 0 Å². The molecule has 0 aliphatic carbocycles. The number of amides is 1. The summed E-state index contributed by atoms with van der Waals surface area (Å²) in [5.41, 5.74) is 0. The van der Waals surface area contributed by atoms with Crippen LogP contribution in [-0.2, 0) is 9.59 Å². The molecule has 0 fully saturated rings. The van der Waals surface area contributed by atoms with Gasteiger partial charge in [-0.1, -0.05) is 23.2 Å². The first-order chi connectivity index (χ1) is 8.40. The van der Waals surface area contributed by atoms with E-state index in [1.165, 1.54) is 19.2 Å². The number of aromatic nitrogens is 1. The SMILES string of the molecule is C[C@@H](NCC(=O)Nc1ncc(Cl)cc1Cl)C(=O)O. The summed E-state index contributed by atoms with van der Waals surface area (Å²) in [6, 6.07) is 0.628. The fraction of sp³-hybridized carbons (Fsp3) is 0.300. The van der Waals surface area contributed by atoms with Crippen LogP contribution in [0.5, 0.6) is 0 Å². The summed E-state index contributed by atoms with van der Waals surface area (Å²) in [5.74, 6) is -1.30. The van der Waals surface area contributed by atoms with Gasteiger partial charge in [0.1, 0.15) is 6.04 Å². The van der Waals surface area contributed by atoms with Crippen LogP contribution in [0.25, 0.3) is 0 Å². The van der Waals surface area contributed by atoms with Gasteiger partial charge in [0.25, 0.3) is 0 Å². The molecule has 8 heteroatoms. The van der Waals surface area contributed by atoms with E-state index in [2.05, 4.69) is 15.6 Å². The van der Waals surface area contributed by atoms with Gasteiger partial charge in [-0.3, -0.25) is 14.9 Å². The number of nitrogens with one attached hydrogen (secondary N) is 2. The highest BCUT2D eigenvalue weighted by Gasteiger charge is 2.13. The number of carbonyl (C=O) groups excluding carboxylic acids is 1. The van der Waals surface area contributed by atoms with Crippen LogP contribution in [0.2, 0.25) is 10.0 Å². The molecule has 6 nitrogen and oxygen atoms in total. The van der Waals surface area contributed by atoms with E-state index in [-0.39, 0.29) is 17.4 Å². The topological polar surface area (TPSA) is 91.3 Å². The number of aliphatic carboxylic acids is 1. The van der Waals surface area contributed by atoms with Crippen molar-refractivity contribution in [1.82, 2.24) is 10.3 Å². The number of pyridine rings is 1. The summed E-state index contributed by atoms with van der Waals surface area (Å²) >= 11 is 11.5. The van der Waals surface area contributed by atoms with Crippen LogP contribution in [0.3, 0.4) is 0 Å². The molecule has 3 N–H and O–H groups in total. The highest BCUT2D eigenvalue weighted by molar-refractivity contribution is 6.36. The molecule has 0 unspecified atom stereocenters. The fourth-order valence-corrected chi connectivity index (χ4v) is 1.44. The minimum absolute atomic E-state index is 0.159. The van der Waals surface area contributed by atoms with Crippen LogP contribution in [0.15, 0.2) is 12.3 Å². The zero-order valence-electron chi connectivity index (χ0n) is 9.41. The smallest absolute Gasteiger partial charge is 0.320 e. The number of anilines is 1. The fourth-order valence-electron chi connectivity index (χ4n) is 1.02. The maximum absolute atomic E-state index is 11.5. The Kier molecular flexibility index (Phi) is 5.33. The Hall–Kier alpha value is -1.37. The molecule has 18 heavy (non-hydrogen) atoms. The van der Waals surface area contributed by atoms with E-state index in [1.807, 2.05) is 0 Å². The third-order valence-corrected chi connectivity index (χ3v) is 2.50. The lowest BCUT2D eigenvalue weighted by molar-refractivity contribution is -0.139. The van der Waals surface area contributed by atoms with Gasteiger partial charge >= 0.3 is 5.97 Å². The molecule has 1 aromatic heterocycles. The number of rotatable bonds is 5. The van der Waals surface area contributed by atoms with Gasteiger partial charge in [-0.25, -0.2) is 4.98 Å². The molecule has 1 atom stereocenters. The average Bonchev–Trinajstić information content (AvgIpc) is 2.29. The van der Waals surface area contributed by atoms with Crippen LogP contribution in [0, 0.1) is 0 Å². The Morgan fingerprint density at radius 1 is 1.50 bits per heavy atom. The molecule has 0 aliphatic heterocycles. The minimum atomic E-state index is -1.04. The second-order valence-electron chi connectivity index (χ2n) is 3.47. The molecule has 1 heterocycles. The molecule has 0 aromatic carbocycles. The minimum Gasteiger partial charge on any atom is -0.480 e. The Balaban J connectivity index is 2.52. The first-order valence-electron chi connectivity index (χ1n) is 4.97. The molecule has 0 aliphatic rings. The van der Waals surface area contributed by atoms with Crippen molar-refractivity contribution in [2.75, 3.05) is 11.9 Å². The Morgan fingerprint density at radius 2 is 2.17 bits per heavy atom. The normalized spacial score (nSPS) is 11.9. The average molecular weight is 292 g/mol. The summed E-state index contributed by atoms with van der Waals surface area (Å²) in [6.07, 6.45) is 1.34. The molecule has 1 rings (SSSR count). The predicted molar refractivity (Wildman–Crippen MR) is 68.0 cm³/mol. The zero-order chi connectivity index (χ0) is 13.7. The van der Waals surface area contributed by atoms with Gasteiger partial charge in [-0.05, 0) is 13.0 Å². The molecule has 0 saturated carbocycles. The standard InChI is InChI=1S/C10H11Cl2N3O3/c1-5(10(17)18)13-4-8(16)15-9-7(12)2-6(11)3-14-9/h2-3,5,13H,4H2,1H3,(H,17,18)(H,14,15,16)/t5-/m1/s1. The highest BCUT2D eigenvalue weighted by atomic mass is 35.5. The van der Waals surface area contributed by atoms with Crippen molar-refractivity contribution in [2.45, 2.75) is 13.0 Å². The maximum Gasteiger partial charge on any atom is 0.320 e. The predicted octanol–water partition coefficient (Wildman–Crippen LogP) is 1.39. The van der Waals surface area contributed by atoms with Crippen LogP contribution in [0.1, 0.15) is 6.92 Å². The van der Waals surface area contributed by atoms with Gasteiger partial charge in [0.05, 0.1) is 16.6 Å². The van der Waals surface area contributed by atoms with Gasteiger partial charge in [-0.2, -0.15) is 0 Å². The number of nitrogens with zero attached hydrogens (tertiary/aromatic N) is 1. The molecule has 1 aromatic rings. The summed E-state index contributed by atoms with van der Waals surface area (Å²) in [4.78, 5) is 25.8. The van der Waals surface area contributed by atoms with E-state index in [1.54, 1.807) is 0 Å². The van der Waals surface area contributed by atoms with Crippen molar-refractivity contribution in [1.29, 1.82) is 0 Å². The molecule has 98 valence electrons. The zero-order valence-corrected chi connectivity index (χ0v) is 10.9. The number of carbonyl (C=O) groups is 2. The monoisotopic (exact) mass is 291 g/mol. The molecule has 0 radical (unpaired) electrons. The molecule has 0 bridgehead atoms. The van der Waals surface area contributed by atoms with Crippen molar-refractivity contribution in [3.05, 3.63) is 22.3 Å². The van der Waals surface area contributed by atoms with Crippen molar-refractivity contribution in [3.63, 3.8) is 0 Å². The largest absolute Gasteiger partial charge is 0.480 e. The van der Waals surface area contributed by atoms with Crippen LogP contribution >= 0.6 is 23.2 Å². The lowest BCUT2D eigenvalue weighted by Crippen LogP contribution is -2.39. The van der Waals surface area contributed by atoms with Crippen molar-refractivity contribution < 1.29 is 14.7 Å². The van der Waals surface area contributed by atoms with Crippen molar-refractivity contribution in [3.8, 4) is 0 Å². The van der Waals surface area contributed by atoms with E-state index in [9.17, 15) is 9.59 Å². The van der Waals surface area contributed by atoms with Gasteiger partial charge in [0.15, 0.2) is 5.82 Å². The second-order valence-corrected chi connectivity index (χ2v) is 4.32. The highest BCUT2D eigenvalue weighted by Crippen LogP contribution is 2.22. The molecule has 1 amide bonds. The molecule has 0 spiro atoms. The summed E-state index contributed by atoms with van der Waals surface area (Å²) < 4.78 is 0. The third kappa shape index (κ3) is 4.48. The first-order valence-corrected chi connectivity index (χ1v) is 5.73. The van der Waals surface area contributed by atoms with Gasteiger partial charge in [0, 0.05) is 6.20 Å². The number of hydrogen-bond acceptors (Lipinski definition) is 4. The van der Waals surface area contributed by atoms with E-state index in [0.717, 1.165) is 0 Å². The Bertz CT molecular complexity index is 468. The van der Waals surface area contributed by atoms with Gasteiger partial charge < -0.3 is 10.4 Å². The van der Waals surface area contributed by atoms with E-state index >= 15 is 0 Å². The second kappa shape index (κ2) is 6.53. The summed E-state index contributed by atoms with van der Waals surface area (Å²) in [6.45, 7) is 1.28. The molecule has 0 saturated heterocycles. The van der Waals surface area contributed by atoms with Gasteiger partial charge in [-0.15, -0.1) is 0 Å². The maximum atomic E-state index is 11.5. The number of halogens is 2. The number of hydrogen-bond donors (Lipinski definition) is 3. The Labute approximate surface area is 113 Å². The van der Waals surface area contributed by atoms with Crippen LogP contribution < -0.4 is 10.6 Å². The summed E-state index contributed by atoms with van der Waals surface area (Å²) in [7, 11) is 0. The Morgan fingerprint density at radius 3 is 2.72 bits per heavy atom. The summed E-state index contributed by atoms with van der Waals surface area (Å²) in [5, 5.41) is 14.1. The first kappa shape index (κ1) is 14.7. The third-order valence-electron chi connectivity index (χ3n) is 2.00. The van der Waals surface area contributed by atoms with E-state index in [4.69, 9.17) is 28.3 Å². The van der Waals surface area contributed by atoms with Crippen molar-refractivity contribution >= 4 is 40.9 Å². The molecular weight excluding hydrogens is 281 g/mol. The lowest BCUT2D eigenvalue weighted by Gasteiger charge is -2.09. The van der Waals surface area contributed by atoms with Crippen LogP contribution in [0.4, 0.5) is 5.82 Å². The van der Waals surface area contributed by atoms with E-state index < -0.39 is 17.9 Å².